The van der Waals surface area contributed by atoms with Crippen molar-refractivity contribution in [1.82, 2.24) is 0 Å². The van der Waals surface area contributed by atoms with Gasteiger partial charge in [0, 0.05) is 0 Å². The molecule has 0 spiro atoms. The van der Waals surface area contributed by atoms with Gasteiger partial charge in [0.15, 0.2) is 0 Å². The van der Waals surface area contributed by atoms with Crippen LogP contribution in [0.1, 0.15) is 32.1 Å². The maximum atomic E-state index is 1.54. The van der Waals surface area contributed by atoms with E-state index >= 15 is 0 Å². The van der Waals surface area contributed by atoms with Crippen LogP contribution in [0.5, 0.6) is 0 Å². The molecule has 2 heteroatoms. The van der Waals surface area contributed by atoms with Gasteiger partial charge < -0.3 is 0 Å². The van der Waals surface area contributed by atoms with Crippen LogP contribution in [-0.4, -0.2) is 0 Å². The first kappa shape index (κ1) is 10.4. The van der Waals surface area contributed by atoms with Gasteiger partial charge in [-0.1, -0.05) is 0 Å². The molecule has 0 saturated heterocycles. The SMILES string of the molecule is I.[Zn][CH2]C1CCCCC1. The molecule has 0 aromatic rings. The molecule has 0 N–H and O–H groups in total. The van der Waals surface area contributed by atoms with Crippen molar-refractivity contribution in [2.75, 3.05) is 0 Å². The summed E-state index contributed by atoms with van der Waals surface area (Å²) in [4.78, 5) is 0. The molecule has 0 bridgehead atoms. The van der Waals surface area contributed by atoms with E-state index in [4.69, 9.17) is 0 Å². The average molecular weight is 290 g/mol. The second kappa shape index (κ2) is 6.09. The Morgan fingerprint density at radius 2 is 1.67 bits per heavy atom. The standard InChI is InChI=1S/C7H13.HI.Zn/c1-7-5-3-2-4-6-7;;/h7H,1-6H2;1H;. The second-order valence-corrected chi connectivity index (χ2v) is 4.00. The molecule has 9 heavy (non-hydrogen) atoms. The first-order chi connectivity index (χ1) is 3.93. The molecule has 0 aromatic carbocycles. The van der Waals surface area contributed by atoms with Crippen LogP contribution in [-0.2, 0) is 18.3 Å². The Morgan fingerprint density at radius 1 is 1.11 bits per heavy atom. The zero-order valence-electron chi connectivity index (χ0n) is 5.94. The Kier molecular flexibility index (Phi) is 7.00. The van der Waals surface area contributed by atoms with Crippen LogP contribution >= 0.6 is 24.0 Å². The summed E-state index contributed by atoms with van der Waals surface area (Å²) in [6.45, 7) is 0. The molecule has 1 aliphatic carbocycles. The van der Waals surface area contributed by atoms with Gasteiger partial charge in [0.05, 0.1) is 0 Å². The van der Waals surface area contributed by atoms with Crippen molar-refractivity contribution in [1.29, 1.82) is 0 Å². The molecule has 0 unspecified atom stereocenters. The van der Waals surface area contributed by atoms with Crippen molar-refractivity contribution >= 4 is 24.0 Å². The van der Waals surface area contributed by atoms with Crippen molar-refractivity contribution < 1.29 is 18.3 Å². The first-order valence-corrected chi connectivity index (χ1v) is 5.82. The van der Waals surface area contributed by atoms with Gasteiger partial charge in [0.1, 0.15) is 0 Å². The van der Waals surface area contributed by atoms with Crippen LogP contribution in [0.25, 0.3) is 0 Å². The number of rotatable bonds is 1. The van der Waals surface area contributed by atoms with Crippen LogP contribution in [0, 0.1) is 5.92 Å². The fourth-order valence-corrected chi connectivity index (χ4v) is 2.69. The molecule has 0 atom stereocenters. The van der Waals surface area contributed by atoms with Crippen LogP contribution in [0.2, 0.25) is 5.02 Å². The molecular formula is C7H14IZn. The second-order valence-electron chi connectivity index (χ2n) is 2.79. The zero-order valence-corrected chi connectivity index (χ0v) is 11.2. The summed E-state index contributed by atoms with van der Waals surface area (Å²) in [5.74, 6) is 1.14. The summed E-state index contributed by atoms with van der Waals surface area (Å²) >= 11 is 1.52. The fraction of sp³-hybridized carbons (Fsp3) is 1.00. The summed E-state index contributed by atoms with van der Waals surface area (Å²) in [5.41, 5.74) is 0. The van der Waals surface area contributed by atoms with Crippen LogP contribution in [0.3, 0.4) is 0 Å². The molecule has 0 heterocycles. The third-order valence-corrected chi connectivity index (χ3v) is 3.85. The summed E-state index contributed by atoms with van der Waals surface area (Å²) in [6, 6.07) is 0. The number of halogens is 1. The Morgan fingerprint density at radius 3 is 2.00 bits per heavy atom. The number of hydrogen-bond donors (Lipinski definition) is 0. The molecule has 0 amide bonds. The van der Waals surface area contributed by atoms with E-state index < -0.39 is 0 Å². The van der Waals surface area contributed by atoms with Crippen molar-refractivity contribution in [2.45, 2.75) is 37.1 Å². The zero-order chi connectivity index (χ0) is 5.82. The van der Waals surface area contributed by atoms with Gasteiger partial charge in [0.2, 0.25) is 0 Å². The Balaban J connectivity index is 0.000000640. The summed E-state index contributed by atoms with van der Waals surface area (Å²) in [7, 11) is 0. The molecule has 0 aromatic heterocycles. The van der Waals surface area contributed by atoms with Crippen molar-refractivity contribution in [3.8, 4) is 0 Å². The van der Waals surface area contributed by atoms with E-state index in [9.17, 15) is 0 Å². The third kappa shape index (κ3) is 3.92. The molecular weight excluding hydrogens is 276 g/mol. The van der Waals surface area contributed by atoms with Gasteiger partial charge in [0.25, 0.3) is 0 Å². The van der Waals surface area contributed by atoms with Crippen LogP contribution in [0.15, 0.2) is 0 Å². The predicted octanol–water partition coefficient (Wildman–Crippen LogP) is 3.15. The average Bonchev–Trinajstić information content (AvgIpc) is 1.90. The Hall–Kier alpha value is 1.35. The van der Waals surface area contributed by atoms with Crippen LogP contribution < -0.4 is 0 Å². The van der Waals surface area contributed by atoms with Crippen molar-refractivity contribution in [3.05, 3.63) is 0 Å². The maximum absolute atomic E-state index is 1.54. The monoisotopic (exact) mass is 289 g/mol. The molecule has 0 aliphatic heterocycles. The normalized spacial score (nSPS) is 21.1. The summed E-state index contributed by atoms with van der Waals surface area (Å²) < 4.78 is 0. The van der Waals surface area contributed by atoms with E-state index in [-0.39, 0.29) is 24.0 Å². The number of hydrogen-bond acceptors (Lipinski definition) is 0. The van der Waals surface area contributed by atoms with E-state index in [1.807, 2.05) is 0 Å². The minimum atomic E-state index is 0. The van der Waals surface area contributed by atoms with E-state index in [1.165, 1.54) is 37.6 Å². The Bertz CT molecular complexity index is 59.9. The van der Waals surface area contributed by atoms with Gasteiger partial charge in [-0.05, 0) is 0 Å². The van der Waals surface area contributed by atoms with Gasteiger partial charge in [-0.3, -0.25) is 0 Å². The van der Waals surface area contributed by atoms with Gasteiger partial charge >= 0.3 is 61.3 Å². The quantitative estimate of drug-likeness (QED) is 0.514. The van der Waals surface area contributed by atoms with Crippen LogP contribution in [0.4, 0.5) is 0 Å². The summed E-state index contributed by atoms with van der Waals surface area (Å²) in [5, 5.41) is 1.54. The molecule has 51 valence electrons. The predicted molar refractivity (Wildman–Crippen MR) is 46.8 cm³/mol. The molecule has 1 aliphatic rings. The van der Waals surface area contributed by atoms with Crippen molar-refractivity contribution in [2.24, 2.45) is 5.92 Å². The third-order valence-electron chi connectivity index (χ3n) is 2.13. The Labute approximate surface area is 84.9 Å². The van der Waals surface area contributed by atoms with Gasteiger partial charge in [-0.15, -0.1) is 24.0 Å². The summed E-state index contributed by atoms with van der Waals surface area (Å²) in [6.07, 6.45) is 7.63. The molecule has 0 radical (unpaired) electrons. The minimum absolute atomic E-state index is 0. The molecule has 1 rings (SSSR count). The molecule has 1 saturated carbocycles. The topological polar surface area (TPSA) is 0 Å². The fourth-order valence-electron chi connectivity index (χ4n) is 1.48. The van der Waals surface area contributed by atoms with Gasteiger partial charge in [-0.2, -0.15) is 0 Å². The van der Waals surface area contributed by atoms with Gasteiger partial charge in [-0.25, -0.2) is 0 Å². The van der Waals surface area contributed by atoms with E-state index in [2.05, 4.69) is 0 Å². The first-order valence-electron chi connectivity index (χ1n) is 3.72. The van der Waals surface area contributed by atoms with E-state index in [0.717, 1.165) is 5.92 Å². The molecule has 1 fully saturated rings. The molecule has 0 nitrogen and oxygen atoms in total. The van der Waals surface area contributed by atoms with Crippen molar-refractivity contribution in [3.63, 3.8) is 0 Å². The van der Waals surface area contributed by atoms with E-state index in [1.54, 1.807) is 17.9 Å². The van der Waals surface area contributed by atoms with E-state index in [0.29, 0.717) is 0 Å².